The van der Waals surface area contributed by atoms with Crippen LogP contribution in [0.2, 0.25) is 0 Å². The standard InChI is InChI=1S/C22H27NO5/c1-14(2)18-11-10-17(12-15(18)3)27-13-21(24)28-16(4)22(25)23-19-8-6-7-9-20(19)26-5/h6-12,14,16H,13H2,1-5H3,(H,23,25)/t16-/m0/s1. The maximum Gasteiger partial charge on any atom is 0.344 e. The van der Waals surface area contributed by atoms with Gasteiger partial charge in [-0.1, -0.05) is 32.0 Å². The molecule has 150 valence electrons. The van der Waals surface area contributed by atoms with Crippen molar-refractivity contribution in [2.24, 2.45) is 0 Å². The summed E-state index contributed by atoms with van der Waals surface area (Å²) in [7, 11) is 1.52. The molecule has 2 aromatic rings. The van der Waals surface area contributed by atoms with Crippen LogP contribution in [0.4, 0.5) is 5.69 Å². The van der Waals surface area contributed by atoms with Gasteiger partial charge in [0.15, 0.2) is 12.7 Å². The first-order chi connectivity index (χ1) is 13.3. The van der Waals surface area contributed by atoms with E-state index in [2.05, 4.69) is 19.2 Å². The first kappa shape index (κ1) is 21.3. The van der Waals surface area contributed by atoms with E-state index in [1.165, 1.54) is 19.6 Å². The van der Waals surface area contributed by atoms with Gasteiger partial charge in [0.2, 0.25) is 0 Å². The summed E-state index contributed by atoms with van der Waals surface area (Å²) in [6.45, 7) is 7.48. The molecular formula is C22H27NO5. The molecule has 0 bridgehead atoms. The molecule has 0 aromatic heterocycles. The Hall–Kier alpha value is -3.02. The number of ether oxygens (including phenoxy) is 3. The Labute approximate surface area is 165 Å². The molecule has 0 heterocycles. The Balaban J connectivity index is 1.86. The predicted octanol–water partition coefficient (Wildman–Crippen LogP) is 4.08. The van der Waals surface area contributed by atoms with E-state index in [-0.39, 0.29) is 6.61 Å². The van der Waals surface area contributed by atoms with E-state index < -0.39 is 18.0 Å². The lowest BCUT2D eigenvalue weighted by atomic mass is 9.98. The fourth-order valence-corrected chi connectivity index (χ4v) is 2.80. The molecule has 0 aliphatic carbocycles. The number of hydrogen-bond acceptors (Lipinski definition) is 5. The van der Waals surface area contributed by atoms with E-state index in [1.807, 2.05) is 25.1 Å². The highest BCUT2D eigenvalue weighted by atomic mass is 16.6. The molecule has 0 spiro atoms. The van der Waals surface area contributed by atoms with Gasteiger partial charge in [-0.2, -0.15) is 0 Å². The fraction of sp³-hybridized carbons (Fsp3) is 0.364. The van der Waals surface area contributed by atoms with E-state index in [1.54, 1.807) is 24.3 Å². The van der Waals surface area contributed by atoms with Crippen molar-refractivity contribution in [3.8, 4) is 11.5 Å². The SMILES string of the molecule is COc1ccccc1NC(=O)[C@H](C)OC(=O)COc1ccc(C(C)C)c(C)c1. The van der Waals surface area contributed by atoms with Gasteiger partial charge in [0.25, 0.3) is 5.91 Å². The minimum absolute atomic E-state index is 0.271. The van der Waals surface area contributed by atoms with E-state index in [4.69, 9.17) is 14.2 Å². The van der Waals surface area contributed by atoms with Crippen molar-refractivity contribution in [2.45, 2.75) is 39.7 Å². The van der Waals surface area contributed by atoms with Gasteiger partial charge in [-0.15, -0.1) is 0 Å². The lowest BCUT2D eigenvalue weighted by molar-refractivity contribution is -0.155. The zero-order chi connectivity index (χ0) is 20.7. The Bertz CT molecular complexity index is 831. The van der Waals surface area contributed by atoms with E-state index in [0.717, 1.165) is 5.56 Å². The van der Waals surface area contributed by atoms with E-state index in [0.29, 0.717) is 23.1 Å². The van der Waals surface area contributed by atoms with Gasteiger partial charge in [-0.3, -0.25) is 4.79 Å². The van der Waals surface area contributed by atoms with Crippen molar-refractivity contribution in [1.82, 2.24) is 0 Å². The van der Waals surface area contributed by atoms with Crippen LogP contribution in [-0.2, 0) is 14.3 Å². The molecule has 0 aliphatic heterocycles. The van der Waals surface area contributed by atoms with Crippen molar-refractivity contribution < 1.29 is 23.8 Å². The second kappa shape index (κ2) is 9.78. The second-order valence-corrected chi connectivity index (χ2v) is 6.78. The first-order valence-corrected chi connectivity index (χ1v) is 9.18. The molecule has 2 aromatic carbocycles. The van der Waals surface area contributed by atoms with Crippen molar-refractivity contribution in [1.29, 1.82) is 0 Å². The third-order valence-electron chi connectivity index (χ3n) is 4.26. The Kier molecular flexibility index (Phi) is 7.44. The number of amides is 1. The summed E-state index contributed by atoms with van der Waals surface area (Å²) in [5.41, 5.74) is 2.84. The van der Waals surface area contributed by atoms with Crippen LogP contribution >= 0.6 is 0 Å². The first-order valence-electron chi connectivity index (χ1n) is 9.18. The number of hydrogen-bond donors (Lipinski definition) is 1. The average molecular weight is 385 g/mol. The molecule has 1 atom stereocenters. The number of esters is 1. The molecule has 6 nitrogen and oxygen atoms in total. The van der Waals surface area contributed by atoms with Crippen LogP contribution in [0.15, 0.2) is 42.5 Å². The fourth-order valence-electron chi connectivity index (χ4n) is 2.80. The summed E-state index contributed by atoms with van der Waals surface area (Å²) in [4.78, 5) is 24.3. The summed E-state index contributed by atoms with van der Waals surface area (Å²) >= 11 is 0. The van der Waals surface area contributed by atoms with E-state index in [9.17, 15) is 9.59 Å². The van der Waals surface area contributed by atoms with Crippen LogP contribution in [0.3, 0.4) is 0 Å². The number of methoxy groups -OCH3 is 1. The van der Waals surface area contributed by atoms with Crippen LogP contribution in [0.25, 0.3) is 0 Å². The highest BCUT2D eigenvalue weighted by Gasteiger charge is 2.19. The summed E-state index contributed by atoms with van der Waals surface area (Å²) in [5.74, 6) is 0.466. The largest absolute Gasteiger partial charge is 0.495 e. The lowest BCUT2D eigenvalue weighted by Gasteiger charge is -2.16. The molecule has 0 saturated heterocycles. The van der Waals surface area contributed by atoms with E-state index >= 15 is 0 Å². The summed E-state index contributed by atoms with van der Waals surface area (Å²) in [6, 6.07) is 12.7. The minimum Gasteiger partial charge on any atom is -0.495 e. The van der Waals surface area contributed by atoms with Crippen molar-refractivity contribution in [3.05, 3.63) is 53.6 Å². The monoisotopic (exact) mass is 385 g/mol. The molecule has 0 saturated carbocycles. The molecule has 1 N–H and O–H groups in total. The molecule has 6 heteroatoms. The van der Waals surface area contributed by atoms with Crippen molar-refractivity contribution in [2.75, 3.05) is 19.0 Å². The number of aryl methyl sites for hydroxylation is 1. The number of rotatable bonds is 8. The number of carbonyl (C=O) groups excluding carboxylic acids is 2. The number of benzene rings is 2. The average Bonchev–Trinajstić information content (AvgIpc) is 2.66. The Morgan fingerprint density at radius 2 is 1.79 bits per heavy atom. The van der Waals surface area contributed by atoms with Crippen LogP contribution in [0.1, 0.15) is 37.8 Å². The molecular weight excluding hydrogens is 358 g/mol. The molecule has 2 rings (SSSR count). The highest BCUT2D eigenvalue weighted by molar-refractivity contribution is 5.96. The maximum atomic E-state index is 12.3. The molecule has 0 unspecified atom stereocenters. The van der Waals surface area contributed by atoms with Crippen LogP contribution < -0.4 is 14.8 Å². The van der Waals surface area contributed by atoms with Crippen LogP contribution in [0.5, 0.6) is 11.5 Å². The number of anilines is 1. The highest BCUT2D eigenvalue weighted by Crippen LogP contribution is 2.24. The second-order valence-electron chi connectivity index (χ2n) is 6.78. The third kappa shape index (κ3) is 5.74. The van der Waals surface area contributed by atoms with Crippen LogP contribution in [0, 0.1) is 6.92 Å². The summed E-state index contributed by atoms with van der Waals surface area (Å²) < 4.78 is 15.8. The quantitative estimate of drug-likeness (QED) is 0.693. The normalized spacial score (nSPS) is 11.6. The molecule has 1 amide bonds. The van der Waals surface area contributed by atoms with Gasteiger partial charge >= 0.3 is 5.97 Å². The van der Waals surface area contributed by atoms with Crippen molar-refractivity contribution in [3.63, 3.8) is 0 Å². The van der Waals surface area contributed by atoms with Gasteiger partial charge in [-0.05, 0) is 55.2 Å². The zero-order valence-electron chi connectivity index (χ0n) is 16.9. The van der Waals surface area contributed by atoms with Crippen LogP contribution in [-0.4, -0.2) is 31.7 Å². The van der Waals surface area contributed by atoms with Gasteiger partial charge in [0.1, 0.15) is 11.5 Å². The van der Waals surface area contributed by atoms with Gasteiger partial charge in [-0.25, -0.2) is 4.79 Å². The molecule has 0 aliphatic rings. The van der Waals surface area contributed by atoms with Gasteiger partial charge in [0, 0.05) is 0 Å². The smallest absolute Gasteiger partial charge is 0.344 e. The minimum atomic E-state index is -0.967. The summed E-state index contributed by atoms with van der Waals surface area (Å²) in [5, 5.41) is 2.68. The Morgan fingerprint density at radius 1 is 1.07 bits per heavy atom. The zero-order valence-corrected chi connectivity index (χ0v) is 16.9. The molecule has 0 fully saturated rings. The summed E-state index contributed by atoms with van der Waals surface area (Å²) in [6.07, 6.45) is -0.967. The number of nitrogens with one attached hydrogen (secondary N) is 1. The number of carbonyl (C=O) groups is 2. The third-order valence-corrected chi connectivity index (χ3v) is 4.26. The number of para-hydroxylation sites is 2. The molecule has 0 radical (unpaired) electrons. The topological polar surface area (TPSA) is 73.9 Å². The predicted molar refractivity (Wildman–Crippen MR) is 108 cm³/mol. The maximum absolute atomic E-state index is 12.3. The Morgan fingerprint density at radius 3 is 2.43 bits per heavy atom. The molecule has 28 heavy (non-hydrogen) atoms. The van der Waals surface area contributed by atoms with Gasteiger partial charge < -0.3 is 19.5 Å². The van der Waals surface area contributed by atoms with Gasteiger partial charge in [0.05, 0.1) is 12.8 Å². The van der Waals surface area contributed by atoms with Crippen molar-refractivity contribution >= 4 is 17.6 Å². The lowest BCUT2D eigenvalue weighted by Crippen LogP contribution is -2.31.